The molecule has 0 aromatic heterocycles. The fraction of sp³-hybridized carbons (Fsp3) is 0.941. The van der Waals surface area contributed by atoms with Crippen LogP contribution in [0.2, 0.25) is 0 Å². The number of rotatable bonds is 4. The zero-order valence-corrected chi connectivity index (χ0v) is 13.4. The largest absolute Gasteiger partial charge is 0.481 e. The van der Waals surface area contributed by atoms with Gasteiger partial charge in [0.15, 0.2) is 0 Å². The molecule has 3 heteroatoms. The van der Waals surface area contributed by atoms with Gasteiger partial charge in [0.05, 0.1) is 5.41 Å². The molecule has 0 aromatic carbocycles. The predicted octanol–water partition coefficient (Wildman–Crippen LogP) is 3.78. The minimum atomic E-state index is -0.569. The molecule has 0 amide bonds. The Kier molecular flexibility index (Phi) is 5.11. The highest BCUT2D eigenvalue weighted by molar-refractivity contribution is 5.75. The van der Waals surface area contributed by atoms with Crippen LogP contribution in [-0.2, 0) is 4.79 Å². The van der Waals surface area contributed by atoms with Crippen molar-refractivity contribution in [1.82, 2.24) is 4.90 Å². The second-order valence-corrected chi connectivity index (χ2v) is 7.61. The predicted molar refractivity (Wildman–Crippen MR) is 81.8 cm³/mol. The zero-order chi connectivity index (χ0) is 14.8. The molecule has 2 aliphatic carbocycles. The second kappa shape index (κ2) is 6.46. The molecule has 1 N–H and O–H groups in total. The van der Waals surface area contributed by atoms with E-state index in [4.69, 9.17) is 0 Å². The Labute approximate surface area is 123 Å². The first-order chi connectivity index (χ1) is 9.43. The third kappa shape index (κ3) is 3.55. The lowest BCUT2D eigenvalue weighted by Crippen LogP contribution is -2.48. The summed E-state index contributed by atoms with van der Waals surface area (Å²) in [6.45, 7) is 5.32. The van der Waals surface area contributed by atoms with Gasteiger partial charge in [-0.2, -0.15) is 0 Å². The average Bonchev–Trinajstić information content (AvgIpc) is 2.41. The normalized spacial score (nSPS) is 38.9. The Morgan fingerprint density at radius 1 is 1.15 bits per heavy atom. The van der Waals surface area contributed by atoms with E-state index in [1.54, 1.807) is 0 Å². The van der Waals surface area contributed by atoms with Crippen LogP contribution in [0.15, 0.2) is 0 Å². The van der Waals surface area contributed by atoms with Crippen LogP contribution in [0.3, 0.4) is 0 Å². The van der Waals surface area contributed by atoms with Gasteiger partial charge >= 0.3 is 5.97 Å². The van der Waals surface area contributed by atoms with Gasteiger partial charge in [0.25, 0.3) is 0 Å². The second-order valence-electron chi connectivity index (χ2n) is 7.61. The quantitative estimate of drug-likeness (QED) is 0.852. The van der Waals surface area contributed by atoms with Crippen molar-refractivity contribution in [2.24, 2.45) is 17.3 Å². The summed E-state index contributed by atoms with van der Waals surface area (Å²) in [7, 11) is 2.14. The lowest BCUT2D eigenvalue weighted by molar-refractivity contribution is -0.153. The number of hydrogen-bond donors (Lipinski definition) is 1. The number of hydrogen-bond acceptors (Lipinski definition) is 2. The van der Waals surface area contributed by atoms with Crippen molar-refractivity contribution in [3.8, 4) is 0 Å². The first kappa shape index (κ1) is 15.8. The van der Waals surface area contributed by atoms with Gasteiger partial charge in [-0.25, -0.2) is 0 Å². The lowest BCUT2D eigenvalue weighted by atomic mass is 9.70. The highest BCUT2D eigenvalue weighted by atomic mass is 16.4. The third-order valence-corrected chi connectivity index (χ3v) is 5.77. The van der Waals surface area contributed by atoms with E-state index in [0.717, 1.165) is 38.1 Å². The van der Waals surface area contributed by atoms with Crippen LogP contribution in [0, 0.1) is 17.3 Å². The van der Waals surface area contributed by atoms with Gasteiger partial charge in [-0.3, -0.25) is 4.79 Å². The molecule has 0 radical (unpaired) electrons. The van der Waals surface area contributed by atoms with Gasteiger partial charge in [0.1, 0.15) is 0 Å². The standard InChI is InChI=1S/C17H31NO2/c1-13-7-9-17(10-8-13,16(19)20)12-18(3)15-6-4-5-14(2)11-15/h13-15H,4-12H2,1-3H3,(H,19,20). The zero-order valence-electron chi connectivity index (χ0n) is 13.4. The van der Waals surface area contributed by atoms with E-state index in [1.165, 1.54) is 25.7 Å². The van der Waals surface area contributed by atoms with E-state index < -0.39 is 11.4 Å². The van der Waals surface area contributed by atoms with E-state index >= 15 is 0 Å². The van der Waals surface area contributed by atoms with Crippen LogP contribution < -0.4 is 0 Å². The molecule has 0 bridgehead atoms. The molecule has 116 valence electrons. The van der Waals surface area contributed by atoms with Gasteiger partial charge in [-0.1, -0.05) is 26.7 Å². The number of carbonyl (C=O) groups is 1. The van der Waals surface area contributed by atoms with Crippen molar-refractivity contribution in [2.45, 2.75) is 71.3 Å². The van der Waals surface area contributed by atoms with Crippen LogP contribution in [0.4, 0.5) is 0 Å². The number of nitrogens with zero attached hydrogens (tertiary/aromatic N) is 1. The van der Waals surface area contributed by atoms with Crippen molar-refractivity contribution in [2.75, 3.05) is 13.6 Å². The Hall–Kier alpha value is -0.570. The molecular weight excluding hydrogens is 250 g/mol. The SMILES string of the molecule is CC1CCC(CN(C)C2CCCC(C)C2)(C(=O)O)CC1. The molecule has 2 rings (SSSR count). The fourth-order valence-electron chi connectivity index (χ4n) is 4.16. The number of aliphatic carboxylic acids is 1. The average molecular weight is 281 g/mol. The third-order valence-electron chi connectivity index (χ3n) is 5.77. The first-order valence-corrected chi connectivity index (χ1v) is 8.36. The Balaban J connectivity index is 1.99. The Morgan fingerprint density at radius 3 is 2.35 bits per heavy atom. The van der Waals surface area contributed by atoms with Gasteiger partial charge in [0, 0.05) is 12.6 Å². The van der Waals surface area contributed by atoms with Gasteiger partial charge in [-0.05, 0) is 57.4 Å². The summed E-state index contributed by atoms with van der Waals surface area (Å²) in [5.74, 6) is 0.922. The van der Waals surface area contributed by atoms with Crippen LogP contribution in [-0.4, -0.2) is 35.6 Å². The first-order valence-electron chi connectivity index (χ1n) is 8.36. The van der Waals surface area contributed by atoms with Crippen molar-refractivity contribution in [1.29, 1.82) is 0 Å². The molecule has 2 fully saturated rings. The lowest BCUT2D eigenvalue weighted by Gasteiger charge is -2.42. The minimum Gasteiger partial charge on any atom is -0.481 e. The smallest absolute Gasteiger partial charge is 0.310 e. The van der Waals surface area contributed by atoms with E-state index in [2.05, 4.69) is 25.8 Å². The molecular formula is C17H31NO2. The Bertz CT molecular complexity index is 334. The van der Waals surface area contributed by atoms with Crippen molar-refractivity contribution >= 4 is 5.97 Å². The molecule has 0 heterocycles. The number of carboxylic acids is 1. The number of carboxylic acid groups (broad SMARTS) is 1. The summed E-state index contributed by atoms with van der Waals surface area (Å²) in [5.41, 5.74) is -0.484. The summed E-state index contributed by atoms with van der Waals surface area (Å²) in [6.07, 6.45) is 8.98. The molecule has 0 saturated heterocycles. The summed E-state index contributed by atoms with van der Waals surface area (Å²) in [4.78, 5) is 14.2. The van der Waals surface area contributed by atoms with E-state index in [1.807, 2.05) is 0 Å². The Morgan fingerprint density at radius 2 is 1.80 bits per heavy atom. The molecule has 3 nitrogen and oxygen atoms in total. The van der Waals surface area contributed by atoms with Crippen molar-refractivity contribution < 1.29 is 9.90 Å². The minimum absolute atomic E-state index is 0.484. The van der Waals surface area contributed by atoms with E-state index in [9.17, 15) is 9.90 Å². The van der Waals surface area contributed by atoms with E-state index in [0.29, 0.717) is 12.0 Å². The maximum atomic E-state index is 11.8. The summed E-state index contributed by atoms with van der Waals surface area (Å²) >= 11 is 0. The molecule has 2 saturated carbocycles. The van der Waals surface area contributed by atoms with Gasteiger partial charge in [0.2, 0.25) is 0 Å². The molecule has 0 aliphatic heterocycles. The van der Waals surface area contributed by atoms with Crippen LogP contribution >= 0.6 is 0 Å². The van der Waals surface area contributed by atoms with Crippen LogP contribution in [0.1, 0.15) is 65.2 Å². The fourth-order valence-corrected chi connectivity index (χ4v) is 4.16. The topological polar surface area (TPSA) is 40.5 Å². The van der Waals surface area contributed by atoms with Crippen LogP contribution in [0.5, 0.6) is 0 Å². The highest BCUT2D eigenvalue weighted by Crippen LogP contribution is 2.40. The van der Waals surface area contributed by atoms with Gasteiger partial charge < -0.3 is 10.0 Å². The van der Waals surface area contributed by atoms with Crippen molar-refractivity contribution in [3.63, 3.8) is 0 Å². The van der Waals surface area contributed by atoms with Crippen molar-refractivity contribution in [3.05, 3.63) is 0 Å². The summed E-state index contributed by atoms with van der Waals surface area (Å²) in [6, 6.07) is 0.592. The summed E-state index contributed by atoms with van der Waals surface area (Å²) < 4.78 is 0. The maximum absolute atomic E-state index is 11.8. The molecule has 2 unspecified atom stereocenters. The molecule has 0 aromatic rings. The molecule has 2 atom stereocenters. The maximum Gasteiger partial charge on any atom is 0.310 e. The van der Waals surface area contributed by atoms with E-state index in [-0.39, 0.29) is 0 Å². The summed E-state index contributed by atoms with van der Waals surface area (Å²) in [5, 5.41) is 9.75. The molecule has 20 heavy (non-hydrogen) atoms. The molecule has 0 spiro atoms. The highest BCUT2D eigenvalue weighted by Gasteiger charge is 2.43. The van der Waals surface area contributed by atoms with Crippen LogP contribution in [0.25, 0.3) is 0 Å². The monoisotopic (exact) mass is 281 g/mol. The molecule has 2 aliphatic rings. The van der Waals surface area contributed by atoms with Gasteiger partial charge in [-0.15, -0.1) is 0 Å².